The molecule has 0 aromatic heterocycles. The lowest BCUT2D eigenvalue weighted by Crippen LogP contribution is -2.43. The van der Waals surface area contributed by atoms with E-state index in [-0.39, 0.29) is 12.6 Å². The van der Waals surface area contributed by atoms with Crippen LogP contribution >= 0.6 is 0 Å². The van der Waals surface area contributed by atoms with Crippen LogP contribution in [-0.2, 0) is 10.0 Å². The van der Waals surface area contributed by atoms with Gasteiger partial charge in [0, 0.05) is 18.7 Å². The fourth-order valence-corrected chi connectivity index (χ4v) is 3.22. The van der Waals surface area contributed by atoms with Crippen molar-refractivity contribution in [1.29, 1.82) is 0 Å². The zero-order valence-corrected chi connectivity index (χ0v) is 11.1. The molecule has 1 atom stereocenters. The summed E-state index contributed by atoms with van der Waals surface area (Å²) in [4.78, 5) is -0.523. The first-order valence-corrected chi connectivity index (χ1v) is 7.65. The van der Waals surface area contributed by atoms with Crippen LogP contribution in [0.15, 0.2) is 23.1 Å². The quantitative estimate of drug-likeness (QED) is 0.881. The van der Waals surface area contributed by atoms with Crippen LogP contribution in [0.3, 0.4) is 0 Å². The molecule has 0 aliphatic carbocycles. The molecule has 1 aromatic rings. The Bertz CT molecular complexity index is 543. The Kier molecular flexibility index (Phi) is 4.49. The second kappa shape index (κ2) is 5.94. The minimum atomic E-state index is -3.94. The van der Waals surface area contributed by atoms with Crippen LogP contribution in [0.2, 0.25) is 0 Å². The van der Waals surface area contributed by atoms with Gasteiger partial charge in [0.05, 0.1) is 0 Å². The monoisotopic (exact) mass is 290 g/mol. The van der Waals surface area contributed by atoms with Crippen molar-refractivity contribution in [2.24, 2.45) is 0 Å². The van der Waals surface area contributed by atoms with E-state index in [4.69, 9.17) is 0 Å². The molecule has 0 spiro atoms. The van der Waals surface area contributed by atoms with Crippen LogP contribution in [0.25, 0.3) is 0 Å². The van der Waals surface area contributed by atoms with Crippen LogP contribution in [0.4, 0.5) is 8.78 Å². The van der Waals surface area contributed by atoms with E-state index in [0.717, 1.165) is 37.9 Å². The smallest absolute Gasteiger partial charge is 0.243 e. The van der Waals surface area contributed by atoms with Crippen LogP contribution < -0.4 is 10.0 Å². The molecule has 1 aliphatic heterocycles. The van der Waals surface area contributed by atoms with Gasteiger partial charge >= 0.3 is 0 Å². The van der Waals surface area contributed by atoms with Crippen molar-refractivity contribution < 1.29 is 17.2 Å². The van der Waals surface area contributed by atoms with Gasteiger partial charge in [-0.25, -0.2) is 21.9 Å². The molecule has 2 rings (SSSR count). The third kappa shape index (κ3) is 3.71. The topological polar surface area (TPSA) is 58.2 Å². The van der Waals surface area contributed by atoms with Gasteiger partial charge in [0.15, 0.2) is 0 Å². The van der Waals surface area contributed by atoms with E-state index >= 15 is 0 Å². The summed E-state index contributed by atoms with van der Waals surface area (Å²) in [6.45, 7) is 1.07. The van der Waals surface area contributed by atoms with Gasteiger partial charge in [-0.15, -0.1) is 0 Å². The van der Waals surface area contributed by atoms with E-state index in [9.17, 15) is 17.2 Å². The summed E-state index contributed by atoms with van der Waals surface area (Å²) >= 11 is 0. The third-order valence-corrected chi connectivity index (χ3v) is 4.57. The number of nitrogens with one attached hydrogen (secondary N) is 2. The maximum Gasteiger partial charge on any atom is 0.243 e. The van der Waals surface area contributed by atoms with E-state index in [0.29, 0.717) is 6.07 Å². The third-order valence-electron chi connectivity index (χ3n) is 3.12. The van der Waals surface area contributed by atoms with Gasteiger partial charge in [-0.3, -0.25) is 0 Å². The van der Waals surface area contributed by atoms with Crippen molar-refractivity contribution in [2.75, 3.05) is 13.1 Å². The number of benzene rings is 1. The number of hydrogen-bond acceptors (Lipinski definition) is 3. The number of rotatable bonds is 4. The predicted molar refractivity (Wildman–Crippen MR) is 67.2 cm³/mol. The number of hydrogen-bond donors (Lipinski definition) is 2. The van der Waals surface area contributed by atoms with Crippen molar-refractivity contribution in [2.45, 2.75) is 30.2 Å². The Hall–Kier alpha value is -1.05. The SMILES string of the molecule is O=S(=O)(NCC1CCCCN1)c1ccc(F)cc1F. The Morgan fingerprint density at radius 1 is 1.32 bits per heavy atom. The number of piperidine rings is 1. The second-order valence-corrected chi connectivity index (χ2v) is 6.31. The lowest BCUT2D eigenvalue weighted by atomic mass is 10.1. The minimum absolute atomic E-state index is 0.0621. The first-order chi connectivity index (χ1) is 8.99. The average Bonchev–Trinajstić information content (AvgIpc) is 2.37. The molecular formula is C12H16F2N2O2S. The summed E-state index contributed by atoms with van der Waals surface area (Å²) < 4.78 is 52.3. The highest BCUT2D eigenvalue weighted by Gasteiger charge is 2.21. The molecule has 1 unspecified atom stereocenters. The number of halogens is 2. The van der Waals surface area contributed by atoms with E-state index in [1.54, 1.807) is 0 Å². The van der Waals surface area contributed by atoms with Crippen LogP contribution in [0.5, 0.6) is 0 Å². The molecule has 1 saturated heterocycles. The average molecular weight is 290 g/mol. The highest BCUT2D eigenvalue weighted by Crippen LogP contribution is 2.15. The molecular weight excluding hydrogens is 274 g/mol. The summed E-state index contributed by atoms with van der Waals surface area (Å²) in [5.74, 6) is -1.88. The summed E-state index contributed by atoms with van der Waals surface area (Å²) in [7, 11) is -3.94. The molecule has 0 bridgehead atoms. The van der Waals surface area contributed by atoms with Crippen molar-refractivity contribution in [3.05, 3.63) is 29.8 Å². The summed E-state index contributed by atoms with van der Waals surface area (Å²) in [5, 5.41) is 3.19. The first kappa shape index (κ1) is 14.4. The first-order valence-electron chi connectivity index (χ1n) is 6.17. The highest BCUT2D eigenvalue weighted by molar-refractivity contribution is 7.89. The Morgan fingerprint density at radius 2 is 2.11 bits per heavy atom. The molecule has 0 saturated carbocycles. The van der Waals surface area contributed by atoms with Crippen molar-refractivity contribution in [1.82, 2.24) is 10.0 Å². The Morgan fingerprint density at radius 3 is 2.74 bits per heavy atom. The molecule has 7 heteroatoms. The van der Waals surface area contributed by atoms with Gasteiger partial charge in [-0.2, -0.15) is 0 Å². The molecule has 2 N–H and O–H groups in total. The van der Waals surface area contributed by atoms with E-state index in [1.807, 2.05) is 0 Å². The fourth-order valence-electron chi connectivity index (χ4n) is 2.08. The minimum Gasteiger partial charge on any atom is -0.313 e. The summed E-state index contributed by atoms with van der Waals surface area (Å²) in [6, 6.07) is 2.48. The lowest BCUT2D eigenvalue weighted by Gasteiger charge is -2.23. The zero-order valence-electron chi connectivity index (χ0n) is 10.3. The Labute approximate surface area is 111 Å². The maximum atomic E-state index is 13.4. The molecule has 0 amide bonds. The molecule has 1 aliphatic rings. The zero-order chi connectivity index (χ0) is 13.9. The second-order valence-electron chi connectivity index (χ2n) is 4.57. The van der Waals surface area contributed by atoms with Gasteiger partial charge < -0.3 is 5.32 Å². The van der Waals surface area contributed by atoms with Crippen molar-refractivity contribution >= 4 is 10.0 Å². The standard InChI is InChI=1S/C12H16F2N2O2S/c13-9-4-5-12(11(14)7-9)19(17,18)16-8-10-3-1-2-6-15-10/h4-5,7,10,15-16H,1-3,6,8H2. The molecule has 4 nitrogen and oxygen atoms in total. The van der Waals surface area contributed by atoms with E-state index in [1.165, 1.54) is 0 Å². The fraction of sp³-hybridized carbons (Fsp3) is 0.500. The van der Waals surface area contributed by atoms with Crippen molar-refractivity contribution in [3.63, 3.8) is 0 Å². The van der Waals surface area contributed by atoms with E-state index in [2.05, 4.69) is 10.0 Å². The highest BCUT2D eigenvalue weighted by atomic mass is 32.2. The summed E-state index contributed by atoms with van der Waals surface area (Å²) in [5.41, 5.74) is 0. The van der Waals surface area contributed by atoms with Crippen LogP contribution in [-0.4, -0.2) is 27.5 Å². The van der Waals surface area contributed by atoms with Crippen molar-refractivity contribution in [3.8, 4) is 0 Å². The van der Waals surface area contributed by atoms with Gasteiger partial charge in [-0.1, -0.05) is 6.42 Å². The normalized spacial score (nSPS) is 20.4. The largest absolute Gasteiger partial charge is 0.313 e. The molecule has 1 fully saturated rings. The van der Waals surface area contributed by atoms with Gasteiger partial charge in [0.25, 0.3) is 0 Å². The predicted octanol–water partition coefficient (Wildman–Crippen LogP) is 1.39. The Balaban J connectivity index is 2.05. The molecule has 106 valence electrons. The van der Waals surface area contributed by atoms with Crippen LogP contribution in [0.1, 0.15) is 19.3 Å². The molecule has 1 aromatic carbocycles. The van der Waals surface area contributed by atoms with Gasteiger partial charge in [0.2, 0.25) is 10.0 Å². The van der Waals surface area contributed by atoms with Gasteiger partial charge in [0.1, 0.15) is 16.5 Å². The van der Waals surface area contributed by atoms with Gasteiger partial charge in [-0.05, 0) is 31.5 Å². The molecule has 0 radical (unpaired) electrons. The molecule has 1 heterocycles. The number of sulfonamides is 1. The maximum absolute atomic E-state index is 13.4. The van der Waals surface area contributed by atoms with Crippen LogP contribution in [0, 0.1) is 11.6 Å². The van der Waals surface area contributed by atoms with E-state index < -0.39 is 26.6 Å². The summed E-state index contributed by atoms with van der Waals surface area (Å²) in [6.07, 6.45) is 3.01. The molecule has 19 heavy (non-hydrogen) atoms. The lowest BCUT2D eigenvalue weighted by molar-refractivity contribution is 0.398.